The Morgan fingerprint density at radius 1 is 0.973 bits per heavy atom. The lowest BCUT2D eigenvalue weighted by Gasteiger charge is -2.28. The molecule has 0 unspecified atom stereocenters. The summed E-state index contributed by atoms with van der Waals surface area (Å²) in [4.78, 5) is 52.1. The van der Waals surface area contributed by atoms with Crippen LogP contribution in [-0.2, 0) is 25.3 Å². The SMILES string of the molecule is O=C(COC(=O)c1cccc(N2C(=O)[C@@H]3[C@H]4C[C@@H]([C@@H](Cl)[C@H]4Cl)[C@H]3C2=O)c1)Nc1ccccc1C(F)(F)F. The van der Waals surface area contributed by atoms with E-state index in [9.17, 15) is 32.3 Å². The molecule has 2 aromatic carbocycles. The molecule has 0 aromatic heterocycles. The van der Waals surface area contributed by atoms with Gasteiger partial charge in [-0.05, 0) is 48.6 Å². The Labute approximate surface area is 218 Å². The van der Waals surface area contributed by atoms with Crippen LogP contribution >= 0.6 is 23.2 Å². The zero-order chi connectivity index (χ0) is 26.6. The fourth-order valence-corrected chi connectivity index (χ4v) is 6.51. The molecular weight excluding hydrogens is 536 g/mol. The van der Waals surface area contributed by atoms with E-state index in [1.807, 2.05) is 0 Å². The molecule has 194 valence electrons. The van der Waals surface area contributed by atoms with E-state index in [2.05, 4.69) is 5.32 Å². The average Bonchev–Trinajstić information content (AvgIpc) is 3.47. The van der Waals surface area contributed by atoms with Crippen LogP contribution in [0.5, 0.6) is 0 Å². The summed E-state index contributed by atoms with van der Waals surface area (Å²) in [7, 11) is 0. The first kappa shape index (κ1) is 25.5. The Morgan fingerprint density at radius 2 is 1.59 bits per heavy atom. The van der Waals surface area contributed by atoms with Crippen molar-refractivity contribution >= 4 is 58.3 Å². The molecule has 6 atom stereocenters. The van der Waals surface area contributed by atoms with Crippen LogP contribution in [0.4, 0.5) is 24.5 Å². The van der Waals surface area contributed by atoms with E-state index in [0.29, 0.717) is 6.42 Å². The highest BCUT2D eigenvalue weighted by Gasteiger charge is 2.67. The minimum absolute atomic E-state index is 0.0490. The molecule has 2 aliphatic carbocycles. The third kappa shape index (κ3) is 4.35. The maximum atomic E-state index is 13.2. The zero-order valence-electron chi connectivity index (χ0n) is 18.9. The van der Waals surface area contributed by atoms with E-state index in [0.717, 1.165) is 17.0 Å². The Kier molecular flexibility index (Phi) is 6.44. The number of imide groups is 1. The van der Waals surface area contributed by atoms with Crippen LogP contribution < -0.4 is 10.2 Å². The molecule has 7 nitrogen and oxygen atoms in total. The van der Waals surface area contributed by atoms with Gasteiger partial charge in [0.05, 0.1) is 45.1 Å². The lowest BCUT2D eigenvalue weighted by Crippen LogP contribution is -2.37. The zero-order valence-corrected chi connectivity index (χ0v) is 20.4. The largest absolute Gasteiger partial charge is 0.452 e. The highest BCUT2D eigenvalue weighted by Crippen LogP contribution is 2.59. The Balaban J connectivity index is 1.26. The number of halogens is 5. The molecule has 1 saturated heterocycles. The lowest BCUT2D eigenvalue weighted by molar-refractivity contribution is -0.137. The average molecular weight is 555 g/mol. The first-order valence-electron chi connectivity index (χ1n) is 11.4. The van der Waals surface area contributed by atoms with Crippen molar-refractivity contribution in [2.75, 3.05) is 16.8 Å². The van der Waals surface area contributed by atoms with Gasteiger partial charge in [0.25, 0.3) is 5.91 Å². The van der Waals surface area contributed by atoms with Gasteiger partial charge in [-0.3, -0.25) is 19.3 Å². The van der Waals surface area contributed by atoms with Crippen molar-refractivity contribution in [1.82, 2.24) is 0 Å². The van der Waals surface area contributed by atoms with E-state index >= 15 is 0 Å². The fourth-order valence-electron chi connectivity index (χ4n) is 5.62. The van der Waals surface area contributed by atoms with Gasteiger partial charge in [0.1, 0.15) is 0 Å². The van der Waals surface area contributed by atoms with Gasteiger partial charge in [-0.1, -0.05) is 18.2 Å². The molecule has 0 radical (unpaired) electrons. The monoisotopic (exact) mass is 554 g/mol. The van der Waals surface area contributed by atoms with E-state index in [1.54, 1.807) is 0 Å². The Morgan fingerprint density at radius 3 is 2.22 bits per heavy atom. The molecule has 1 aliphatic heterocycles. The smallest absolute Gasteiger partial charge is 0.418 e. The first-order valence-corrected chi connectivity index (χ1v) is 12.3. The number of hydrogen-bond acceptors (Lipinski definition) is 5. The highest BCUT2D eigenvalue weighted by molar-refractivity contribution is 6.32. The predicted molar refractivity (Wildman–Crippen MR) is 127 cm³/mol. The number of benzene rings is 2. The third-order valence-electron chi connectivity index (χ3n) is 7.17. The first-order chi connectivity index (χ1) is 17.5. The summed E-state index contributed by atoms with van der Waals surface area (Å²) >= 11 is 12.8. The van der Waals surface area contributed by atoms with Gasteiger partial charge < -0.3 is 10.1 Å². The van der Waals surface area contributed by atoms with Crippen molar-refractivity contribution in [2.24, 2.45) is 23.7 Å². The summed E-state index contributed by atoms with van der Waals surface area (Å²) in [6, 6.07) is 9.99. The summed E-state index contributed by atoms with van der Waals surface area (Å²) in [5.41, 5.74) is -1.39. The van der Waals surface area contributed by atoms with Gasteiger partial charge >= 0.3 is 12.1 Å². The molecule has 2 aromatic rings. The minimum atomic E-state index is -4.68. The van der Waals surface area contributed by atoms with Crippen molar-refractivity contribution < 1.29 is 37.1 Å². The molecular formula is C25H19Cl2F3N2O5. The second-order valence-electron chi connectivity index (χ2n) is 9.23. The van der Waals surface area contributed by atoms with Crippen LogP contribution in [0, 0.1) is 23.7 Å². The summed E-state index contributed by atoms with van der Waals surface area (Å²) in [5.74, 6) is -4.25. The molecule has 0 spiro atoms. The second kappa shape index (κ2) is 9.33. The summed E-state index contributed by atoms with van der Waals surface area (Å²) < 4.78 is 44.3. The van der Waals surface area contributed by atoms with Gasteiger partial charge in [0.15, 0.2) is 6.61 Å². The number of nitrogens with zero attached hydrogens (tertiary/aromatic N) is 1. The number of ether oxygens (including phenoxy) is 1. The molecule has 2 saturated carbocycles. The van der Waals surface area contributed by atoms with Crippen LogP contribution in [-0.4, -0.2) is 41.1 Å². The van der Waals surface area contributed by atoms with Crippen LogP contribution in [0.3, 0.4) is 0 Å². The number of hydrogen-bond donors (Lipinski definition) is 1. The van der Waals surface area contributed by atoms with E-state index in [-0.39, 0.29) is 23.1 Å². The third-order valence-corrected chi connectivity index (χ3v) is 8.49. The fraction of sp³-hybridized carbons (Fsp3) is 0.360. The number of carbonyl (C=O) groups excluding carboxylic acids is 4. The molecule has 2 bridgehead atoms. The molecule has 1 heterocycles. The molecule has 3 aliphatic rings. The van der Waals surface area contributed by atoms with E-state index in [4.69, 9.17) is 27.9 Å². The number of carbonyl (C=O) groups is 4. The number of alkyl halides is 5. The van der Waals surface area contributed by atoms with Gasteiger partial charge in [0, 0.05) is 0 Å². The van der Waals surface area contributed by atoms with Crippen molar-refractivity contribution in [2.45, 2.75) is 23.4 Å². The van der Waals surface area contributed by atoms with E-state index in [1.165, 1.54) is 36.4 Å². The number of rotatable bonds is 5. The highest BCUT2D eigenvalue weighted by atomic mass is 35.5. The van der Waals surface area contributed by atoms with Gasteiger partial charge in [-0.15, -0.1) is 23.2 Å². The minimum Gasteiger partial charge on any atom is -0.452 e. The summed E-state index contributed by atoms with van der Waals surface area (Å²) in [6.45, 7) is -0.849. The van der Waals surface area contributed by atoms with Gasteiger partial charge in [0.2, 0.25) is 11.8 Å². The topological polar surface area (TPSA) is 92.8 Å². The Bertz CT molecular complexity index is 1270. The standard InChI is InChI=1S/C25H19Cl2F3N2O5/c26-20-13-9-14(21(20)27)19-18(13)22(34)32(23(19)35)12-5-3-4-11(8-12)24(36)37-10-17(33)31-16-7-2-1-6-15(16)25(28,29)30/h1-8,13-14,18-21H,9-10H2,(H,31,33)/t13-,14-,18-,19-,20-,21+/m1/s1. The van der Waals surface area contributed by atoms with Crippen LogP contribution in [0.25, 0.3) is 0 Å². The summed E-state index contributed by atoms with van der Waals surface area (Å²) in [5, 5.41) is 1.27. The molecule has 3 amide bonds. The quantitative estimate of drug-likeness (QED) is 0.334. The normalized spacial score (nSPS) is 28.4. The van der Waals surface area contributed by atoms with Gasteiger partial charge in [-0.25, -0.2) is 4.79 Å². The Hall–Kier alpha value is -3.11. The predicted octanol–water partition coefficient (Wildman–Crippen LogP) is 4.47. The summed E-state index contributed by atoms with van der Waals surface area (Å²) in [6.07, 6.45) is -4.07. The molecule has 3 fully saturated rings. The van der Waals surface area contributed by atoms with Gasteiger partial charge in [-0.2, -0.15) is 13.2 Å². The van der Waals surface area contributed by atoms with Crippen molar-refractivity contribution in [3.63, 3.8) is 0 Å². The number of fused-ring (bicyclic) bond motifs is 5. The van der Waals surface area contributed by atoms with Crippen molar-refractivity contribution in [3.05, 3.63) is 59.7 Å². The number of anilines is 2. The van der Waals surface area contributed by atoms with Crippen LogP contribution in [0.1, 0.15) is 22.3 Å². The lowest BCUT2D eigenvalue weighted by atomic mass is 9.80. The number of para-hydroxylation sites is 1. The van der Waals surface area contributed by atoms with Crippen LogP contribution in [0.15, 0.2) is 48.5 Å². The number of esters is 1. The van der Waals surface area contributed by atoms with E-state index < -0.39 is 70.3 Å². The molecule has 1 N–H and O–H groups in total. The molecule has 5 rings (SSSR count). The second-order valence-corrected chi connectivity index (χ2v) is 10.2. The number of nitrogens with one attached hydrogen (secondary N) is 1. The number of amides is 3. The maximum Gasteiger partial charge on any atom is 0.418 e. The van der Waals surface area contributed by atoms with Crippen LogP contribution in [0.2, 0.25) is 0 Å². The van der Waals surface area contributed by atoms with Crippen molar-refractivity contribution in [3.8, 4) is 0 Å². The maximum absolute atomic E-state index is 13.2. The molecule has 37 heavy (non-hydrogen) atoms. The molecule has 12 heteroatoms. The van der Waals surface area contributed by atoms with Crippen molar-refractivity contribution in [1.29, 1.82) is 0 Å².